The van der Waals surface area contributed by atoms with Crippen LogP contribution in [0.25, 0.3) is 0 Å². The normalized spacial score (nSPS) is 13.2. The highest BCUT2D eigenvalue weighted by Gasteiger charge is 2.22. The lowest BCUT2D eigenvalue weighted by molar-refractivity contribution is -0.141. The molecular weight excluding hydrogens is 414 g/mol. The Morgan fingerprint density at radius 1 is 1.40 bits per heavy atom. The largest absolute Gasteiger partial charge is 0.481 e. The average Bonchev–Trinajstić information content (AvgIpc) is 2.33. The zero-order valence-corrected chi connectivity index (χ0v) is 14.8. The van der Waals surface area contributed by atoms with Crippen LogP contribution in [-0.2, 0) is 14.8 Å². The van der Waals surface area contributed by atoms with Crippen molar-refractivity contribution in [1.82, 2.24) is 4.72 Å². The van der Waals surface area contributed by atoms with Crippen molar-refractivity contribution in [1.29, 1.82) is 0 Å². The fourth-order valence-corrected chi connectivity index (χ4v) is 4.47. The molecule has 20 heavy (non-hydrogen) atoms. The Bertz CT molecular complexity index is 589. The molecule has 5 nitrogen and oxygen atoms in total. The number of benzene rings is 1. The lowest BCUT2D eigenvalue weighted by Crippen LogP contribution is -2.33. The Kier molecular flexibility index (Phi) is 6.63. The van der Waals surface area contributed by atoms with Crippen LogP contribution in [0, 0.1) is 5.92 Å². The molecule has 2 N–H and O–H groups in total. The molecule has 0 amide bonds. The van der Waals surface area contributed by atoms with Crippen LogP contribution in [0.5, 0.6) is 0 Å². The first kappa shape index (κ1) is 17.6. The summed E-state index contributed by atoms with van der Waals surface area (Å²) in [5, 5.41) is 9.01. The van der Waals surface area contributed by atoms with Gasteiger partial charge < -0.3 is 5.11 Å². The number of carbonyl (C=O) groups is 1. The SMILES string of the molecule is CCCC(CNS(=O)(=O)c1ccc(Br)cc1Br)C(=O)O. The molecule has 1 atom stereocenters. The van der Waals surface area contributed by atoms with Gasteiger partial charge in [-0.25, -0.2) is 13.1 Å². The first-order valence-corrected chi connectivity index (χ1v) is 9.02. The topological polar surface area (TPSA) is 83.5 Å². The van der Waals surface area contributed by atoms with Crippen LogP contribution in [0.4, 0.5) is 0 Å². The predicted octanol–water partition coefficient (Wildman–Crippen LogP) is 2.99. The summed E-state index contributed by atoms with van der Waals surface area (Å²) in [7, 11) is -3.74. The molecule has 0 bridgehead atoms. The van der Waals surface area contributed by atoms with Gasteiger partial charge in [-0.1, -0.05) is 29.3 Å². The number of sulfonamides is 1. The molecule has 1 rings (SSSR count). The summed E-state index contributed by atoms with van der Waals surface area (Å²) in [6, 6.07) is 4.68. The van der Waals surface area contributed by atoms with E-state index in [0.29, 0.717) is 17.3 Å². The third-order valence-corrected chi connectivity index (χ3v) is 5.58. The van der Waals surface area contributed by atoms with E-state index < -0.39 is 21.9 Å². The average molecular weight is 429 g/mol. The smallest absolute Gasteiger partial charge is 0.307 e. The van der Waals surface area contributed by atoms with Crippen LogP contribution in [-0.4, -0.2) is 26.0 Å². The van der Waals surface area contributed by atoms with Gasteiger partial charge in [-0.15, -0.1) is 0 Å². The van der Waals surface area contributed by atoms with Gasteiger partial charge in [0.25, 0.3) is 0 Å². The van der Waals surface area contributed by atoms with Crippen LogP contribution in [0.1, 0.15) is 19.8 Å². The van der Waals surface area contributed by atoms with Gasteiger partial charge in [-0.2, -0.15) is 0 Å². The second-order valence-corrected chi connectivity index (χ2v) is 7.76. The minimum Gasteiger partial charge on any atom is -0.481 e. The number of rotatable bonds is 7. The Labute approximate surface area is 135 Å². The van der Waals surface area contributed by atoms with E-state index in [1.165, 1.54) is 6.07 Å². The quantitative estimate of drug-likeness (QED) is 0.699. The minimum absolute atomic E-state index is 0.0846. The summed E-state index contributed by atoms with van der Waals surface area (Å²) in [5.41, 5.74) is 0. The van der Waals surface area contributed by atoms with E-state index in [9.17, 15) is 13.2 Å². The second kappa shape index (κ2) is 7.53. The number of hydrogen-bond acceptors (Lipinski definition) is 3. The first-order chi connectivity index (χ1) is 9.27. The van der Waals surface area contributed by atoms with Crippen molar-refractivity contribution in [3.8, 4) is 0 Å². The molecule has 0 aromatic heterocycles. The maximum absolute atomic E-state index is 12.1. The summed E-state index contributed by atoms with van der Waals surface area (Å²) in [6.07, 6.45) is 1.11. The Morgan fingerprint density at radius 3 is 2.55 bits per heavy atom. The van der Waals surface area contributed by atoms with Gasteiger partial charge >= 0.3 is 5.97 Å². The third kappa shape index (κ3) is 4.83. The fraction of sp³-hybridized carbons (Fsp3) is 0.417. The first-order valence-electron chi connectivity index (χ1n) is 5.95. The Balaban J connectivity index is 2.87. The molecule has 1 unspecified atom stereocenters. The van der Waals surface area contributed by atoms with Crippen molar-refractivity contribution in [3.63, 3.8) is 0 Å². The van der Waals surface area contributed by atoms with Crippen molar-refractivity contribution in [2.45, 2.75) is 24.7 Å². The van der Waals surface area contributed by atoms with E-state index in [0.717, 1.165) is 4.47 Å². The van der Waals surface area contributed by atoms with Crippen molar-refractivity contribution in [3.05, 3.63) is 27.1 Å². The number of hydrogen-bond donors (Lipinski definition) is 2. The summed E-state index contributed by atoms with van der Waals surface area (Å²) in [6.45, 7) is 1.74. The van der Waals surface area contributed by atoms with Gasteiger partial charge in [0, 0.05) is 15.5 Å². The third-order valence-electron chi connectivity index (χ3n) is 2.69. The molecular formula is C12H15Br2NO4S. The Morgan fingerprint density at radius 2 is 2.05 bits per heavy atom. The molecule has 1 aromatic carbocycles. The number of nitrogens with one attached hydrogen (secondary N) is 1. The summed E-state index contributed by atoms with van der Waals surface area (Å²) in [5.74, 6) is -1.71. The standard InChI is InChI=1S/C12H15Br2NO4S/c1-2-3-8(12(16)17)7-15-20(18,19)11-5-4-9(13)6-10(11)14/h4-6,8,15H,2-3,7H2,1H3,(H,16,17). The van der Waals surface area contributed by atoms with Crippen molar-refractivity contribution in [2.75, 3.05) is 6.54 Å². The molecule has 0 saturated heterocycles. The molecule has 0 heterocycles. The molecule has 0 saturated carbocycles. The lowest BCUT2D eigenvalue weighted by atomic mass is 10.1. The van der Waals surface area contributed by atoms with Crippen LogP contribution in [0.3, 0.4) is 0 Å². The highest BCUT2D eigenvalue weighted by atomic mass is 79.9. The van der Waals surface area contributed by atoms with E-state index in [1.54, 1.807) is 12.1 Å². The van der Waals surface area contributed by atoms with Gasteiger partial charge in [0.1, 0.15) is 0 Å². The number of carboxylic acid groups (broad SMARTS) is 1. The zero-order chi connectivity index (χ0) is 15.3. The highest BCUT2D eigenvalue weighted by Crippen LogP contribution is 2.25. The molecule has 0 aliphatic heterocycles. The van der Waals surface area contributed by atoms with Crippen molar-refractivity contribution < 1.29 is 18.3 Å². The van der Waals surface area contributed by atoms with E-state index >= 15 is 0 Å². The van der Waals surface area contributed by atoms with Gasteiger partial charge in [0.2, 0.25) is 10.0 Å². The van der Waals surface area contributed by atoms with Gasteiger partial charge in [-0.3, -0.25) is 4.79 Å². The van der Waals surface area contributed by atoms with E-state index in [-0.39, 0.29) is 11.4 Å². The van der Waals surface area contributed by atoms with Crippen LogP contribution < -0.4 is 4.72 Å². The van der Waals surface area contributed by atoms with Crippen molar-refractivity contribution >= 4 is 47.9 Å². The van der Waals surface area contributed by atoms with Crippen LogP contribution >= 0.6 is 31.9 Å². The minimum atomic E-state index is -3.74. The van der Waals surface area contributed by atoms with Gasteiger partial charge in [0.05, 0.1) is 10.8 Å². The van der Waals surface area contributed by atoms with Gasteiger partial charge in [-0.05, 0) is 40.5 Å². The monoisotopic (exact) mass is 427 g/mol. The summed E-state index contributed by atoms with van der Waals surface area (Å²) in [4.78, 5) is 11.1. The molecule has 0 spiro atoms. The maximum Gasteiger partial charge on any atom is 0.307 e. The molecule has 0 fully saturated rings. The molecule has 0 aliphatic carbocycles. The predicted molar refractivity (Wildman–Crippen MR) is 83.1 cm³/mol. The van der Waals surface area contributed by atoms with E-state index in [1.807, 2.05) is 6.92 Å². The maximum atomic E-state index is 12.1. The lowest BCUT2D eigenvalue weighted by Gasteiger charge is -2.13. The van der Waals surface area contributed by atoms with Crippen LogP contribution in [0.15, 0.2) is 32.0 Å². The molecule has 0 aliphatic rings. The molecule has 1 aromatic rings. The van der Waals surface area contributed by atoms with E-state index in [2.05, 4.69) is 36.6 Å². The van der Waals surface area contributed by atoms with Crippen molar-refractivity contribution in [2.24, 2.45) is 5.92 Å². The highest BCUT2D eigenvalue weighted by molar-refractivity contribution is 9.11. The summed E-state index contributed by atoms with van der Waals surface area (Å²) >= 11 is 6.43. The number of carboxylic acids is 1. The zero-order valence-electron chi connectivity index (χ0n) is 10.8. The van der Waals surface area contributed by atoms with Gasteiger partial charge in [0.15, 0.2) is 0 Å². The van der Waals surface area contributed by atoms with Crippen LogP contribution in [0.2, 0.25) is 0 Å². The number of aliphatic carboxylic acids is 1. The number of halogens is 2. The molecule has 8 heteroatoms. The Hall–Kier alpha value is -0.440. The van der Waals surface area contributed by atoms with E-state index in [4.69, 9.17) is 5.11 Å². The molecule has 112 valence electrons. The second-order valence-electron chi connectivity index (χ2n) is 4.25. The summed E-state index contributed by atoms with van der Waals surface area (Å²) < 4.78 is 27.8. The molecule has 0 radical (unpaired) electrons. The fourth-order valence-electron chi connectivity index (χ4n) is 1.64.